The van der Waals surface area contributed by atoms with Crippen LogP contribution in [-0.4, -0.2) is 14.4 Å². The van der Waals surface area contributed by atoms with Crippen molar-refractivity contribution in [3.63, 3.8) is 0 Å². The number of carbonyl (C=O) groups excluding carboxylic acids is 1. The van der Waals surface area contributed by atoms with Gasteiger partial charge in [-0.1, -0.05) is 66.7 Å². The lowest BCUT2D eigenvalue weighted by Gasteiger charge is -2.14. The van der Waals surface area contributed by atoms with Gasteiger partial charge >= 0.3 is 16.1 Å². The van der Waals surface area contributed by atoms with Crippen LogP contribution < -0.4 is 8.92 Å². The highest BCUT2D eigenvalue weighted by molar-refractivity contribution is 7.87. The molecule has 0 aromatic heterocycles. The highest BCUT2D eigenvalue weighted by atomic mass is 35.5. The van der Waals surface area contributed by atoms with Gasteiger partial charge in [0.1, 0.15) is 0 Å². The Hall–Kier alpha value is -1.47. The molecule has 0 fully saturated rings. The predicted octanol–water partition coefficient (Wildman–Crippen LogP) is 5.90. The quantitative estimate of drug-likeness (QED) is 0.216. The Morgan fingerprint density at radius 1 is 1.04 bits per heavy atom. The second kappa shape index (κ2) is 9.64. The number of hydrogen-bond acceptors (Lipinski definition) is 5. The minimum atomic E-state index is -4.41. The van der Waals surface area contributed by atoms with E-state index in [4.69, 9.17) is 43.7 Å². The Labute approximate surface area is 173 Å². The van der Waals surface area contributed by atoms with Crippen LogP contribution in [0.1, 0.15) is 32.6 Å². The van der Waals surface area contributed by atoms with Crippen molar-refractivity contribution in [3.8, 4) is 11.5 Å². The summed E-state index contributed by atoms with van der Waals surface area (Å²) >= 11 is 18.0. The summed E-state index contributed by atoms with van der Waals surface area (Å²) in [4.78, 5) is 11.6. The smallest absolute Gasteiger partial charge is 0.343 e. The maximum atomic E-state index is 12.7. The van der Waals surface area contributed by atoms with Gasteiger partial charge in [-0.15, -0.1) is 0 Å². The van der Waals surface area contributed by atoms with Crippen molar-refractivity contribution in [1.29, 1.82) is 0 Å². The van der Waals surface area contributed by atoms with Crippen molar-refractivity contribution in [2.24, 2.45) is 0 Å². The molecule has 27 heavy (non-hydrogen) atoms. The van der Waals surface area contributed by atoms with E-state index in [2.05, 4.69) is 0 Å². The molecule has 0 spiro atoms. The van der Waals surface area contributed by atoms with Gasteiger partial charge in [-0.2, -0.15) is 8.42 Å². The van der Waals surface area contributed by atoms with E-state index in [-0.39, 0.29) is 33.0 Å². The van der Waals surface area contributed by atoms with Crippen molar-refractivity contribution < 1.29 is 22.1 Å². The van der Waals surface area contributed by atoms with E-state index in [1.165, 1.54) is 18.2 Å². The van der Waals surface area contributed by atoms with E-state index in [9.17, 15) is 13.2 Å². The second-order valence-corrected chi connectivity index (χ2v) is 8.38. The molecule has 0 saturated heterocycles. The Balaban J connectivity index is 2.37. The summed E-state index contributed by atoms with van der Waals surface area (Å²) in [5.74, 6) is -0.994. The second-order valence-electron chi connectivity index (χ2n) is 5.61. The van der Waals surface area contributed by atoms with E-state index in [1.54, 1.807) is 12.1 Å². The molecule has 2 aromatic carbocycles. The van der Waals surface area contributed by atoms with Crippen molar-refractivity contribution in [3.05, 3.63) is 51.5 Å². The fraction of sp³-hybridized carbons (Fsp3) is 0.278. The molecular formula is C18H17Cl3O5S. The van der Waals surface area contributed by atoms with E-state index in [0.717, 1.165) is 18.9 Å². The number of hydrogen-bond donors (Lipinski definition) is 0. The first kappa shape index (κ1) is 21.8. The predicted molar refractivity (Wildman–Crippen MR) is 106 cm³/mol. The van der Waals surface area contributed by atoms with Gasteiger partial charge in [-0.3, -0.25) is 4.79 Å². The van der Waals surface area contributed by atoms with Crippen molar-refractivity contribution >= 4 is 50.9 Å². The lowest BCUT2D eigenvalue weighted by Crippen LogP contribution is -2.15. The summed E-state index contributed by atoms with van der Waals surface area (Å²) in [5.41, 5.74) is 0. The number of carbonyl (C=O) groups is 1. The molecule has 146 valence electrons. The van der Waals surface area contributed by atoms with Crippen molar-refractivity contribution in [2.45, 2.75) is 37.5 Å². The molecule has 5 nitrogen and oxygen atoms in total. The van der Waals surface area contributed by atoms with Gasteiger partial charge in [0.05, 0.1) is 10.0 Å². The molecule has 2 rings (SSSR count). The molecule has 0 atom stereocenters. The molecule has 0 aliphatic rings. The first-order chi connectivity index (χ1) is 12.7. The Morgan fingerprint density at radius 2 is 1.74 bits per heavy atom. The minimum absolute atomic E-state index is 0.0483. The van der Waals surface area contributed by atoms with Gasteiger partial charge in [0.15, 0.2) is 16.4 Å². The SMILES string of the molecule is CCCCCC(=O)Oc1c(Cl)cc(Cl)cc1S(=O)(=O)Oc1ccccc1Cl. The van der Waals surface area contributed by atoms with Gasteiger partial charge in [0.25, 0.3) is 0 Å². The van der Waals surface area contributed by atoms with Gasteiger partial charge in [0, 0.05) is 11.4 Å². The van der Waals surface area contributed by atoms with Crippen LogP contribution in [0.5, 0.6) is 11.5 Å². The van der Waals surface area contributed by atoms with Crippen LogP contribution in [0.2, 0.25) is 15.1 Å². The summed E-state index contributed by atoms with van der Waals surface area (Å²) in [6.07, 6.45) is 2.54. The van der Waals surface area contributed by atoms with Crippen LogP contribution in [0.3, 0.4) is 0 Å². The van der Waals surface area contributed by atoms with Crippen molar-refractivity contribution in [1.82, 2.24) is 0 Å². The Morgan fingerprint density at radius 3 is 2.41 bits per heavy atom. The molecule has 9 heteroatoms. The number of esters is 1. The molecule has 0 heterocycles. The third-order valence-electron chi connectivity index (χ3n) is 3.48. The van der Waals surface area contributed by atoms with E-state index in [1.807, 2.05) is 6.92 Å². The summed E-state index contributed by atoms with van der Waals surface area (Å²) in [6, 6.07) is 8.45. The normalized spacial score (nSPS) is 11.3. The van der Waals surface area contributed by atoms with Crippen LogP contribution in [0.15, 0.2) is 41.3 Å². The molecule has 0 N–H and O–H groups in total. The number of para-hydroxylation sites is 1. The van der Waals surface area contributed by atoms with Crippen molar-refractivity contribution in [2.75, 3.05) is 0 Å². The topological polar surface area (TPSA) is 69.7 Å². The lowest BCUT2D eigenvalue weighted by molar-refractivity contribution is -0.134. The number of ether oxygens (including phenoxy) is 1. The van der Waals surface area contributed by atoms with Gasteiger partial charge < -0.3 is 8.92 Å². The Kier molecular flexibility index (Phi) is 7.79. The largest absolute Gasteiger partial charge is 0.423 e. The molecule has 0 aliphatic heterocycles. The maximum absolute atomic E-state index is 12.7. The Bertz CT molecular complexity index is 929. The van der Waals surface area contributed by atoms with Crippen LogP contribution in [0.25, 0.3) is 0 Å². The number of halogens is 3. The van der Waals surface area contributed by atoms with E-state index >= 15 is 0 Å². The zero-order valence-corrected chi connectivity index (χ0v) is 17.5. The first-order valence-electron chi connectivity index (χ1n) is 8.13. The third-order valence-corrected chi connectivity index (χ3v) is 5.53. The number of unbranched alkanes of at least 4 members (excludes halogenated alkanes) is 2. The molecular weight excluding hydrogens is 435 g/mol. The van der Waals surface area contributed by atoms with Gasteiger partial charge in [-0.25, -0.2) is 0 Å². The first-order valence-corrected chi connectivity index (χ1v) is 10.7. The molecule has 0 saturated carbocycles. The number of benzene rings is 2. The average molecular weight is 452 g/mol. The molecule has 2 aromatic rings. The number of rotatable bonds is 8. The summed E-state index contributed by atoms with van der Waals surface area (Å²) in [5, 5.41) is 0.0344. The van der Waals surface area contributed by atoms with E-state index in [0.29, 0.717) is 6.42 Å². The monoisotopic (exact) mass is 450 g/mol. The molecule has 0 unspecified atom stereocenters. The summed E-state index contributed by atoms with van der Waals surface area (Å²) in [7, 11) is -4.41. The molecule has 0 bridgehead atoms. The van der Waals surface area contributed by atoms with Crippen LogP contribution in [0, 0.1) is 0 Å². The molecule has 0 amide bonds. The summed E-state index contributed by atoms with van der Waals surface area (Å²) in [6.45, 7) is 2.00. The summed E-state index contributed by atoms with van der Waals surface area (Å²) < 4.78 is 35.8. The third kappa shape index (κ3) is 6.01. The van der Waals surface area contributed by atoms with Gasteiger partial charge in [-0.05, 0) is 30.7 Å². The minimum Gasteiger partial charge on any atom is -0.423 e. The van der Waals surface area contributed by atoms with Crippen LogP contribution in [0.4, 0.5) is 0 Å². The standard InChI is InChI=1S/C18H17Cl3O5S/c1-2-3-4-9-17(22)25-18-14(21)10-12(19)11-16(18)27(23,24)26-15-8-6-5-7-13(15)20/h5-8,10-11H,2-4,9H2,1H3. The highest BCUT2D eigenvalue weighted by Crippen LogP contribution is 2.38. The van der Waals surface area contributed by atoms with Crippen LogP contribution >= 0.6 is 34.8 Å². The lowest BCUT2D eigenvalue weighted by atomic mass is 10.2. The fourth-order valence-corrected chi connectivity index (χ4v) is 4.18. The van der Waals surface area contributed by atoms with Crippen LogP contribution in [-0.2, 0) is 14.9 Å². The van der Waals surface area contributed by atoms with Gasteiger partial charge in [0.2, 0.25) is 0 Å². The average Bonchev–Trinajstić information content (AvgIpc) is 2.59. The molecule has 0 aliphatic carbocycles. The fourth-order valence-electron chi connectivity index (χ4n) is 2.18. The zero-order chi connectivity index (χ0) is 20.0. The van der Waals surface area contributed by atoms with E-state index < -0.39 is 21.0 Å². The zero-order valence-electron chi connectivity index (χ0n) is 14.4. The maximum Gasteiger partial charge on any atom is 0.343 e. The molecule has 0 radical (unpaired) electrons. The highest BCUT2D eigenvalue weighted by Gasteiger charge is 2.27.